The zero-order valence-corrected chi connectivity index (χ0v) is 11.5. The molecule has 2 aliphatic rings. The van der Waals surface area contributed by atoms with E-state index in [1.54, 1.807) is 6.07 Å². The van der Waals surface area contributed by atoms with Crippen LogP contribution in [0.2, 0.25) is 0 Å². The molecular formula is C15H18FN3O. The van der Waals surface area contributed by atoms with Gasteiger partial charge in [0.15, 0.2) is 11.6 Å². The third kappa shape index (κ3) is 1.55. The Hall–Kier alpha value is -1.78. The number of anilines is 1. The number of fused-ring (bicyclic) bond motifs is 3. The van der Waals surface area contributed by atoms with Crippen molar-refractivity contribution >= 4 is 17.0 Å². The lowest BCUT2D eigenvalue weighted by atomic mass is 9.95. The lowest BCUT2D eigenvalue weighted by molar-refractivity contribution is 0.338. The minimum absolute atomic E-state index is 0.252. The summed E-state index contributed by atoms with van der Waals surface area (Å²) < 4.78 is 21.0. The number of aromatic nitrogens is 2. The number of benzene rings is 1. The van der Waals surface area contributed by atoms with Crippen LogP contribution in [0.5, 0.6) is 5.75 Å². The Balaban J connectivity index is 1.88. The van der Waals surface area contributed by atoms with Crippen molar-refractivity contribution in [1.29, 1.82) is 0 Å². The van der Waals surface area contributed by atoms with Gasteiger partial charge in [-0.2, -0.15) is 0 Å². The van der Waals surface area contributed by atoms with Crippen molar-refractivity contribution in [2.24, 2.45) is 11.8 Å². The molecule has 0 amide bonds. The number of hydrogen-bond donors (Lipinski definition) is 1. The predicted octanol–water partition coefficient (Wildman–Crippen LogP) is 3.13. The molecule has 2 aromatic rings. The van der Waals surface area contributed by atoms with Crippen molar-refractivity contribution in [3.8, 4) is 5.75 Å². The summed E-state index contributed by atoms with van der Waals surface area (Å²) in [5.41, 5.74) is 7.60. The van der Waals surface area contributed by atoms with Crippen LogP contribution in [0.1, 0.15) is 31.7 Å². The van der Waals surface area contributed by atoms with E-state index in [4.69, 9.17) is 10.5 Å². The molecule has 0 saturated heterocycles. The lowest BCUT2D eigenvalue weighted by Crippen LogP contribution is -2.17. The fourth-order valence-corrected chi connectivity index (χ4v) is 4.15. The Kier molecular flexibility index (Phi) is 2.46. The molecule has 4 nitrogen and oxygen atoms in total. The SMILES string of the molecule is COc1cc2c(cc1F)nc(N)n2C1CC2CCC1C2. The molecule has 2 aliphatic carbocycles. The third-order valence-electron chi connectivity index (χ3n) is 5.02. The van der Waals surface area contributed by atoms with E-state index in [2.05, 4.69) is 9.55 Å². The van der Waals surface area contributed by atoms with Gasteiger partial charge >= 0.3 is 0 Å². The summed E-state index contributed by atoms with van der Waals surface area (Å²) in [5.74, 6) is 1.87. The minimum atomic E-state index is -0.391. The molecule has 0 aliphatic heterocycles. The van der Waals surface area contributed by atoms with Gasteiger partial charge in [-0.05, 0) is 31.1 Å². The van der Waals surface area contributed by atoms with Gasteiger partial charge in [-0.1, -0.05) is 6.42 Å². The van der Waals surface area contributed by atoms with Crippen molar-refractivity contribution in [1.82, 2.24) is 9.55 Å². The van der Waals surface area contributed by atoms with E-state index in [0.717, 1.165) is 11.4 Å². The van der Waals surface area contributed by atoms with E-state index in [-0.39, 0.29) is 5.75 Å². The van der Waals surface area contributed by atoms with Crippen molar-refractivity contribution < 1.29 is 9.13 Å². The first-order chi connectivity index (χ1) is 9.67. The minimum Gasteiger partial charge on any atom is -0.494 e. The molecule has 106 valence electrons. The van der Waals surface area contributed by atoms with E-state index >= 15 is 0 Å². The van der Waals surface area contributed by atoms with Crippen LogP contribution in [-0.2, 0) is 0 Å². The molecule has 3 atom stereocenters. The molecule has 5 heteroatoms. The number of hydrogen-bond acceptors (Lipinski definition) is 3. The molecule has 0 spiro atoms. The van der Waals surface area contributed by atoms with Gasteiger partial charge in [-0.15, -0.1) is 0 Å². The summed E-state index contributed by atoms with van der Waals surface area (Å²) in [6, 6.07) is 3.54. The Morgan fingerprint density at radius 2 is 2.20 bits per heavy atom. The molecular weight excluding hydrogens is 257 g/mol. The van der Waals surface area contributed by atoms with Crippen LogP contribution in [0, 0.1) is 17.7 Å². The summed E-state index contributed by atoms with van der Waals surface area (Å²) in [4.78, 5) is 4.32. The molecule has 1 heterocycles. The van der Waals surface area contributed by atoms with E-state index in [9.17, 15) is 4.39 Å². The fourth-order valence-electron chi connectivity index (χ4n) is 4.15. The predicted molar refractivity (Wildman–Crippen MR) is 75.1 cm³/mol. The Morgan fingerprint density at radius 3 is 2.85 bits per heavy atom. The maximum atomic E-state index is 13.8. The van der Waals surface area contributed by atoms with Gasteiger partial charge < -0.3 is 15.0 Å². The summed E-state index contributed by atoms with van der Waals surface area (Å²) in [5, 5.41) is 0. The molecule has 2 fully saturated rings. The highest BCUT2D eigenvalue weighted by molar-refractivity contribution is 5.80. The van der Waals surface area contributed by atoms with Crippen LogP contribution in [0.4, 0.5) is 10.3 Å². The van der Waals surface area contributed by atoms with Gasteiger partial charge in [-0.3, -0.25) is 0 Å². The van der Waals surface area contributed by atoms with E-state index in [1.807, 2.05) is 0 Å². The first-order valence-corrected chi connectivity index (χ1v) is 7.18. The first kappa shape index (κ1) is 12.0. The van der Waals surface area contributed by atoms with Crippen LogP contribution in [-0.4, -0.2) is 16.7 Å². The summed E-state index contributed by atoms with van der Waals surface area (Å²) in [7, 11) is 1.48. The van der Waals surface area contributed by atoms with Gasteiger partial charge in [-0.25, -0.2) is 9.37 Å². The summed E-state index contributed by atoms with van der Waals surface area (Å²) >= 11 is 0. The topological polar surface area (TPSA) is 53.1 Å². The number of ether oxygens (including phenoxy) is 1. The number of halogens is 1. The number of nitrogens with two attached hydrogens (primary N) is 1. The standard InChI is InChI=1S/C15H18FN3O/c1-20-14-7-13-11(6-10(14)16)18-15(17)19(13)12-5-8-2-3-9(12)4-8/h6-9,12H,2-5H2,1H3,(H2,17,18). The summed E-state index contributed by atoms with van der Waals surface area (Å²) in [6.07, 6.45) is 5.07. The number of rotatable bonds is 2. The number of nitrogens with zero attached hydrogens (tertiary/aromatic N) is 2. The highest BCUT2D eigenvalue weighted by atomic mass is 19.1. The Bertz CT molecular complexity index is 681. The lowest BCUT2D eigenvalue weighted by Gasteiger charge is -2.24. The molecule has 20 heavy (non-hydrogen) atoms. The second kappa shape index (κ2) is 4.11. The maximum Gasteiger partial charge on any atom is 0.201 e. The Morgan fingerprint density at radius 1 is 1.35 bits per heavy atom. The third-order valence-corrected chi connectivity index (χ3v) is 5.02. The van der Waals surface area contributed by atoms with Crippen molar-refractivity contribution in [2.75, 3.05) is 12.8 Å². The highest BCUT2D eigenvalue weighted by Crippen LogP contribution is 2.52. The zero-order chi connectivity index (χ0) is 13.9. The average molecular weight is 275 g/mol. The van der Waals surface area contributed by atoms with Crippen LogP contribution in [0.25, 0.3) is 11.0 Å². The quantitative estimate of drug-likeness (QED) is 0.916. The van der Waals surface area contributed by atoms with E-state index < -0.39 is 5.82 Å². The van der Waals surface area contributed by atoms with Crippen LogP contribution in [0.3, 0.4) is 0 Å². The van der Waals surface area contributed by atoms with Gasteiger partial charge in [0.05, 0.1) is 18.1 Å². The van der Waals surface area contributed by atoms with Gasteiger partial charge in [0, 0.05) is 18.2 Å². The van der Waals surface area contributed by atoms with E-state index in [0.29, 0.717) is 23.4 Å². The monoisotopic (exact) mass is 275 g/mol. The second-order valence-corrected chi connectivity index (χ2v) is 6.06. The molecule has 3 unspecified atom stereocenters. The smallest absolute Gasteiger partial charge is 0.201 e. The van der Waals surface area contributed by atoms with Crippen LogP contribution in [0.15, 0.2) is 12.1 Å². The van der Waals surface area contributed by atoms with Crippen LogP contribution >= 0.6 is 0 Å². The Labute approximate surface area is 116 Å². The zero-order valence-electron chi connectivity index (χ0n) is 11.5. The molecule has 2 N–H and O–H groups in total. The number of methoxy groups -OCH3 is 1. The fraction of sp³-hybridized carbons (Fsp3) is 0.533. The summed E-state index contributed by atoms with van der Waals surface area (Å²) in [6.45, 7) is 0. The largest absolute Gasteiger partial charge is 0.494 e. The molecule has 1 aromatic heterocycles. The first-order valence-electron chi connectivity index (χ1n) is 7.18. The van der Waals surface area contributed by atoms with Gasteiger partial charge in [0.2, 0.25) is 5.95 Å². The molecule has 0 radical (unpaired) electrons. The van der Waals surface area contributed by atoms with Crippen molar-refractivity contribution in [2.45, 2.75) is 31.7 Å². The number of imidazole rings is 1. The number of nitrogen functional groups attached to an aromatic ring is 1. The normalized spacial score (nSPS) is 28.4. The highest BCUT2D eigenvalue weighted by Gasteiger charge is 2.41. The molecule has 2 bridgehead atoms. The van der Waals surface area contributed by atoms with Gasteiger partial charge in [0.25, 0.3) is 0 Å². The van der Waals surface area contributed by atoms with Crippen molar-refractivity contribution in [3.63, 3.8) is 0 Å². The molecule has 2 saturated carbocycles. The molecule has 4 rings (SSSR count). The maximum absolute atomic E-state index is 13.8. The van der Waals surface area contributed by atoms with Gasteiger partial charge in [0.1, 0.15) is 0 Å². The molecule has 1 aromatic carbocycles. The second-order valence-electron chi connectivity index (χ2n) is 6.06. The van der Waals surface area contributed by atoms with Crippen molar-refractivity contribution in [3.05, 3.63) is 17.9 Å². The van der Waals surface area contributed by atoms with E-state index in [1.165, 1.54) is 38.9 Å². The van der Waals surface area contributed by atoms with Crippen LogP contribution < -0.4 is 10.5 Å². The average Bonchev–Trinajstić information content (AvgIpc) is 3.10.